The number of carbonyl (C=O) groups is 4. The summed E-state index contributed by atoms with van der Waals surface area (Å²) in [7, 11) is 0. The fourth-order valence-electron chi connectivity index (χ4n) is 1.45. The number of amides is 2. The van der Waals surface area contributed by atoms with E-state index in [2.05, 4.69) is 9.47 Å². The van der Waals surface area contributed by atoms with Gasteiger partial charge in [0.15, 0.2) is 19.0 Å². The van der Waals surface area contributed by atoms with Gasteiger partial charge in [-0.15, -0.1) is 0 Å². The van der Waals surface area contributed by atoms with Gasteiger partial charge in [-0.05, 0) is 26.0 Å². The Bertz CT molecular complexity index is 597. The lowest BCUT2D eigenvalue weighted by Crippen LogP contribution is -2.35. The van der Waals surface area contributed by atoms with Crippen LogP contribution in [0.2, 0.25) is 0 Å². The maximum Gasteiger partial charge on any atom is 0.413 e. The molecule has 1 aromatic carbocycles. The zero-order valence-electron chi connectivity index (χ0n) is 12.8. The van der Waals surface area contributed by atoms with Gasteiger partial charge in [0.05, 0.1) is 6.61 Å². The van der Waals surface area contributed by atoms with Crippen molar-refractivity contribution in [2.24, 2.45) is 0 Å². The molecule has 2 amide bonds. The highest BCUT2D eigenvalue weighted by molar-refractivity contribution is 5.94. The molecular formula is C15H17NO7. The Hall–Kier alpha value is -2.90. The van der Waals surface area contributed by atoms with Gasteiger partial charge in [0.25, 0.3) is 5.91 Å². The van der Waals surface area contributed by atoms with Crippen LogP contribution >= 0.6 is 0 Å². The number of ketones is 1. The van der Waals surface area contributed by atoms with E-state index in [0.29, 0.717) is 11.3 Å². The Morgan fingerprint density at radius 1 is 1.09 bits per heavy atom. The number of hydrogen-bond donors (Lipinski definition) is 1. The number of nitrogens with one attached hydrogen (secondary N) is 1. The first-order valence-corrected chi connectivity index (χ1v) is 6.78. The molecule has 0 heterocycles. The first-order chi connectivity index (χ1) is 10.9. The smallest absolute Gasteiger partial charge is 0.413 e. The third kappa shape index (κ3) is 7.07. The second-order valence-corrected chi connectivity index (χ2v) is 4.30. The minimum Gasteiger partial charge on any atom is -0.482 e. The molecule has 0 aromatic heterocycles. The zero-order valence-corrected chi connectivity index (χ0v) is 12.8. The average molecular weight is 323 g/mol. The lowest BCUT2D eigenvalue weighted by atomic mass is 10.1. The van der Waals surface area contributed by atoms with Crippen molar-refractivity contribution < 1.29 is 33.4 Å². The summed E-state index contributed by atoms with van der Waals surface area (Å²) in [5.74, 6) is -1.41. The van der Waals surface area contributed by atoms with Crippen molar-refractivity contribution >= 4 is 23.8 Å². The average Bonchev–Trinajstić information content (AvgIpc) is 2.51. The summed E-state index contributed by atoms with van der Waals surface area (Å²) in [5.41, 5.74) is 0.449. The Labute approximate surface area is 132 Å². The predicted octanol–water partition coefficient (Wildman–Crippen LogP) is 1.08. The van der Waals surface area contributed by atoms with E-state index in [1.165, 1.54) is 13.0 Å². The molecule has 124 valence electrons. The van der Waals surface area contributed by atoms with E-state index in [9.17, 15) is 19.2 Å². The number of imide groups is 1. The van der Waals surface area contributed by atoms with Crippen LogP contribution < -0.4 is 10.1 Å². The van der Waals surface area contributed by atoms with Crippen LogP contribution in [0.3, 0.4) is 0 Å². The monoisotopic (exact) mass is 323 g/mol. The lowest BCUT2D eigenvalue weighted by molar-refractivity contribution is -0.150. The molecule has 0 atom stereocenters. The van der Waals surface area contributed by atoms with Gasteiger partial charge in [-0.25, -0.2) is 9.59 Å². The third-order valence-electron chi connectivity index (χ3n) is 2.48. The number of hydrogen-bond acceptors (Lipinski definition) is 7. The first kappa shape index (κ1) is 18.1. The molecule has 0 spiro atoms. The molecule has 0 unspecified atom stereocenters. The molecule has 0 bridgehead atoms. The number of Topliss-reactive ketones (excluding diaryl/α,β-unsaturated/α-hetero) is 1. The highest BCUT2D eigenvalue weighted by Gasteiger charge is 2.12. The van der Waals surface area contributed by atoms with E-state index in [1.54, 1.807) is 25.1 Å². The molecule has 8 nitrogen and oxygen atoms in total. The maximum absolute atomic E-state index is 11.4. The van der Waals surface area contributed by atoms with Gasteiger partial charge in [0.1, 0.15) is 5.75 Å². The number of esters is 1. The summed E-state index contributed by atoms with van der Waals surface area (Å²) >= 11 is 0. The quantitative estimate of drug-likeness (QED) is 0.591. The topological polar surface area (TPSA) is 108 Å². The normalized spacial score (nSPS) is 9.65. The molecule has 0 saturated carbocycles. The van der Waals surface area contributed by atoms with E-state index < -0.39 is 31.2 Å². The minimum absolute atomic E-state index is 0.117. The van der Waals surface area contributed by atoms with Gasteiger partial charge in [-0.3, -0.25) is 14.9 Å². The largest absolute Gasteiger partial charge is 0.482 e. The van der Waals surface area contributed by atoms with Crippen molar-refractivity contribution in [3.8, 4) is 5.75 Å². The second-order valence-electron chi connectivity index (χ2n) is 4.30. The molecule has 1 rings (SSSR count). The van der Waals surface area contributed by atoms with Crippen LogP contribution in [-0.4, -0.2) is 43.6 Å². The molecule has 0 saturated heterocycles. The van der Waals surface area contributed by atoms with Gasteiger partial charge < -0.3 is 14.2 Å². The van der Waals surface area contributed by atoms with E-state index in [0.717, 1.165) is 0 Å². The molecular weight excluding hydrogens is 306 g/mol. The fourth-order valence-corrected chi connectivity index (χ4v) is 1.45. The van der Waals surface area contributed by atoms with Gasteiger partial charge >= 0.3 is 12.1 Å². The van der Waals surface area contributed by atoms with Crippen molar-refractivity contribution in [3.63, 3.8) is 0 Å². The third-order valence-corrected chi connectivity index (χ3v) is 2.48. The minimum atomic E-state index is -0.911. The molecule has 1 aromatic rings. The number of rotatable bonds is 7. The Morgan fingerprint density at radius 3 is 2.48 bits per heavy atom. The van der Waals surface area contributed by atoms with Crippen molar-refractivity contribution in [2.75, 3.05) is 19.8 Å². The van der Waals surface area contributed by atoms with Crippen LogP contribution in [-0.2, 0) is 19.1 Å². The van der Waals surface area contributed by atoms with E-state index in [1.807, 2.05) is 5.32 Å². The Morgan fingerprint density at radius 2 is 1.83 bits per heavy atom. The number of alkyl carbamates (subject to hydrolysis) is 1. The molecule has 1 N–H and O–H groups in total. The van der Waals surface area contributed by atoms with E-state index in [4.69, 9.17) is 4.74 Å². The number of benzene rings is 1. The zero-order chi connectivity index (χ0) is 17.2. The summed E-state index contributed by atoms with van der Waals surface area (Å²) < 4.78 is 14.3. The van der Waals surface area contributed by atoms with Crippen LogP contribution in [0.4, 0.5) is 4.79 Å². The summed E-state index contributed by atoms with van der Waals surface area (Å²) in [6.07, 6.45) is -0.911. The summed E-state index contributed by atoms with van der Waals surface area (Å²) in [5, 5.41) is 1.87. The fraction of sp³-hybridized carbons (Fsp3) is 0.333. The van der Waals surface area contributed by atoms with Crippen molar-refractivity contribution in [1.82, 2.24) is 5.32 Å². The van der Waals surface area contributed by atoms with Crippen LogP contribution in [0.5, 0.6) is 5.75 Å². The SMILES string of the molecule is CCOC(=O)NC(=O)COC(=O)COc1cccc(C(C)=O)c1. The Kier molecular flexibility index (Phi) is 7.25. The van der Waals surface area contributed by atoms with Crippen LogP contribution in [0.25, 0.3) is 0 Å². The summed E-state index contributed by atoms with van der Waals surface area (Å²) in [6, 6.07) is 6.30. The van der Waals surface area contributed by atoms with Crippen LogP contribution in [0, 0.1) is 0 Å². The highest BCUT2D eigenvalue weighted by atomic mass is 16.6. The van der Waals surface area contributed by atoms with Gasteiger partial charge in [0.2, 0.25) is 0 Å². The number of ether oxygens (including phenoxy) is 3. The standard InChI is InChI=1S/C15H17NO7/c1-3-21-15(20)16-13(18)8-23-14(19)9-22-12-6-4-5-11(7-12)10(2)17/h4-7H,3,8-9H2,1-2H3,(H,16,18,20). The molecule has 23 heavy (non-hydrogen) atoms. The van der Waals surface area contributed by atoms with Gasteiger partial charge in [0, 0.05) is 5.56 Å². The van der Waals surface area contributed by atoms with Crippen molar-refractivity contribution in [1.29, 1.82) is 0 Å². The van der Waals surface area contributed by atoms with Crippen molar-refractivity contribution in [3.05, 3.63) is 29.8 Å². The maximum atomic E-state index is 11.4. The van der Waals surface area contributed by atoms with Gasteiger partial charge in [-0.1, -0.05) is 12.1 Å². The second kappa shape index (κ2) is 9.19. The molecule has 0 aliphatic rings. The summed E-state index contributed by atoms with van der Waals surface area (Å²) in [6.45, 7) is 2.05. The van der Waals surface area contributed by atoms with Gasteiger partial charge in [-0.2, -0.15) is 0 Å². The van der Waals surface area contributed by atoms with Crippen LogP contribution in [0.15, 0.2) is 24.3 Å². The summed E-state index contributed by atoms with van der Waals surface area (Å²) in [4.78, 5) is 44.9. The number of carbonyl (C=O) groups excluding carboxylic acids is 4. The first-order valence-electron chi connectivity index (χ1n) is 6.78. The van der Waals surface area contributed by atoms with Crippen LogP contribution in [0.1, 0.15) is 24.2 Å². The molecule has 0 fully saturated rings. The van der Waals surface area contributed by atoms with Crippen molar-refractivity contribution in [2.45, 2.75) is 13.8 Å². The Balaban J connectivity index is 2.34. The molecule has 8 heteroatoms. The van der Waals surface area contributed by atoms with E-state index in [-0.39, 0.29) is 12.4 Å². The predicted molar refractivity (Wildman–Crippen MR) is 78.1 cm³/mol. The molecule has 0 aliphatic heterocycles. The van der Waals surface area contributed by atoms with E-state index >= 15 is 0 Å². The lowest BCUT2D eigenvalue weighted by Gasteiger charge is -2.08. The highest BCUT2D eigenvalue weighted by Crippen LogP contribution is 2.13. The molecule has 0 aliphatic carbocycles. The molecule has 0 radical (unpaired) electrons.